The molecule has 1 aromatic rings. The maximum Gasteiger partial charge on any atom is 0.255 e. The number of carbonyl (C=O) groups is 1. The molecule has 0 fully saturated rings. The van der Waals surface area contributed by atoms with E-state index in [1.165, 1.54) is 6.07 Å². The third-order valence-electron chi connectivity index (χ3n) is 1.70. The van der Waals surface area contributed by atoms with Crippen LogP contribution in [0, 0.1) is 12.3 Å². The molecule has 1 rings (SSSR count). The number of hydrogen-bond acceptors (Lipinski definition) is 2. The van der Waals surface area contributed by atoms with Gasteiger partial charge in [0, 0.05) is 13.0 Å². The molecule has 0 aliphatic heterocycles. The van der Waals surface area contributed by atoms with E-state index in [1.807, 2.05) is 0 Å². The summed E-state index contributed by atoms with van der Waals surface area (Å²) in [7, 11) is 0. The molecular formula is C11H11NO2. The number of rotatable bonds is 3. The van der Waals surface area contributed by atoms with Crippen LogP contribution in [0.25, 0.3) is 0 Å². The second-order valence-corrected chi connectivity index (χ2v) is 2.73. The Labute approximate surface area is 82.8 Å². The molecule has 0 heterocycles. The molecule has 0 aliphatic rings. The Kier molecular flexibility index (Phi) is 3.57. The van der Waals surface area contributed by atoms with Gasteiger partial charge in [0.25, 0.3) is 5.91 Å². The molecule has 0 saturated heterocycles. The lowest BCUT2D eigenvalue weighted by Crippen LogP contribution is -2.24. The van der Waals surface area contributed by atoms with Gasteiger partial charge in [0.05, 0.1) is 5.56 Å². The predicted molar refractivity (Wildman–Crippen MR) is 53.9 cm³/mol. The standard InChI is InChI=1S/C11H11NO2/c1-2-3-8-12-11(14)9-6-4-5-7-10(9)13/h1,4-7,13H,3,8H2,(H,12,14). The number of amides is 1. The van der Waals surface area contributed by atoms with Crippen molar-refractivity contribution in [1.82, 2.24) is 5.32 Å². The molecule has 2 N–H and O–H groups in total. The Morgan fingerprint density at radius 2 is 2.21 bits per heavy atom. The number of nitrogens with one attached hydrogen (secondary N) is 1. The van der Waals surface area contributed by atoms with Gasteiger partial charge in [-0.05, 0) is 12.1 Å². The summed E-state index contributed by atoms with van der Waals surface area (Å²) < 4.78 is 0. The number of benzene rings is 1. The van der Waals surface area contributed by atoms with E-state index in [2.05, 4.69) is 11.2 Å². The Balaban J connectivity index is 2.62. The van der Waals surface area contributed by atoms with E-state index in [0.717, 1.165) is 0 Å². The summed E-state index contributed by atoms with van der Waals surface area (Å²) in [4.78, 5) is 11.4. The fraction of sp³-hybridized carbons (Fsp3) is 0.182. The van der Waals surface area contributed by atoms with E-state index in [-0.39, 0.29) is 17.2 Å². The summed E-state index contributed by atoms with van der Waals surface area (Å²) in [6.45, 7) is 0.420. The van der Waals surface area contributed by atoms with Crippen LogP contribution in [0.1, 0.15) is 16.8 Å². The molecule has 1 amide bonds. The quantitative estimate of drug-likeness (QED) is 0.553. The second-order valence-electron chi connectivity index (χ2n) is 2.73. The number of hydrogen-bond donors (Lipinski definition) is 2. The average Bonchev–Trinajstić information content (AvgIpc) is 2.18. The Morgan fingerprint density at radius 3 is 2.86 bits per heavy atom. The highest BCUT2D eigenvalue weighted by Crippen LogP contribution is 2.14. The molecule has 0 saturated carbocycles. The Hall–Kier alpha value is -1.95. The van der Waals surface area contributed by atoms with Crippen LogP contribution in [0.4, 0.5) is 0 Å². The van der Waals surface area contributed by atoms with Gasteiger partial charge < -0.3 is 10.4 Å². The van der Waals surface area contributed by atoms with Crippen LogP contribution in [-0.4, -0.2) is 17.6 Å². The summed E-state index contributed by atoms with van der Waals surface area (Å²) in [5.41, 5.74) is 0.268. The average molecular weight is 189 g/mol. The van der Waals surface area contributed by atoms with E-state index in [4.69, 9.17) is 6.42 Å². The van der Waals surface area contributed by atoms with Crippen LogP contribution in [0.5, 0.6) is 5.75 Å². The zero-order chi connectivity index (χ0) is 10.4. The molecule has 0 bridgehead atoms. The fourth-order valence-corrected chi connectivity index (χ4v) is 1.01. The number of carbonyl (C=O) groups excluding carboxylic acids is 1. The first kappa shape index (κ1) is 10.1. The summed E-state index contributed by atoms with van der Waals surface area (Å²) in [5, 5.41) is 11.9. The first-order valence-electron chi connectivity index (χ1n) is 4.25. The molecule has 1 aromatic carbocycles. The lowest BCUT2D eigenvalue weighted by atomic mass is 10.2. The van der Waals surface area contributed by atoms with Gasteiger partial charge in [-0.15, -0.1) is 12.3 Å². The van der Waals surface area contributed by atoms with Crippen LogP contribution in [0.15, 0.2) is 24.3 Å². The summed E-state index contributed by atoms with van der Waals surface area (Å²) in [6, 6.07) is 6.38. The van der Waals surface area contributed by atoms with Crippen molar-refractivity contribution in [3.63, 3.8) is 0 Å². The van der Waals surface area contributed by atoms with Crippen molar-refractivity contribution in [3.8, 4) is 18.1 Å². The first-order valence-corrected chi connectivity index (χ1v) is 4.25. The van der Waals surface area contributed by atoms with Crippen LogP contribution < -0.4 is 5.32 Å². The molecular weight excluding hydrogens is 178 g/mol. The number of terminal acetylenes is 1. The second kappa shape index (κ2) is 4.93. The van der Waals surface area contributed by atoms with Gasteiger partial charge in [0.1, 0.15) is 5.75 Å². The molecule has 3 nitrogen and oxygen atoms in total. The molecule has 0 atom stereocenters. The number of aromatic hydroxyl groups is 1. The zero-order valence-corrected chi connectivity index (χ0v) is 7.66. The normalized spacial score (nSPS) is 9.07. The SMILES string of the molecule is C#CCCNC(=O)c1ccccc1O. The smallest absolute Gasteiger partial charge is 0.255 e. The highest BCUT2D eigenvalue weighted by Gasteiger charge is 2.08. The van der Waals surface area contributed by atoms with Crippen LogP contribution in [-0.2, 0) is 0 Å². The fourth-order valence-electron chi connectivity index (χ4n) is 1.01. The van der Waals surface area contributed by atoms with Gasteiger partial charge in [-0.25, -0.2) is 0 Å². The lowest BCUT2D eigenvalue weighted by molar-refractivity contribution is 0.0952. The third-order valence-corrected chi connectivity index (χ3v) is 1.70. The van der Waals surface area contributed by atoms with E-state index < -0.39 is 0 Å². The minimum Gasteiger partial charge on any atom is -0.507 e. The van der Waals surface area contributed by atoms with Crippen LogP contribution >= 0.6 is 0 Å². The number of para-hydroxylation sites is 1. The van der Waals surface area contributed by atoms with E-state index in [1.54, 1.807) is 18.2 Å². The summed E-state index contributed by atoms with van der Waals surface area (Å²) in [5.74, 6) is 2.08. The minimum atomic E-state index is -0.307. The van der Waals surface area contributed by atoms with Gasteiger partial charge in [-0.2, -0.15) is 0 Å². The van der Waals surface area contributed by atoms with Gasteiger partial charge >= 0.3 is 0 Å². The third kappa shape index (κ3) is 2.53. The Bertz CT molecular complexity index is 366. The van der Waals surface area contributed by atoms with Crippen molar-refractivity contribution in [2.75, 3.05) is 6.54 Å². The van der Waals surface area contributed by atoms with E-state index in [0.29, 0.717) is 13.0 Å². The van der Waals surface area contributed by atoms with Crippen molar-refractivity contribution in [1.29, 1.82) is 0 Å². The van der Waals surface area contributed by atoms with Gasteiger partial charge in [-0.1, -0.05) is 12.1 Å². The minimum absolute atomic E-state index is 0.0225. The van der Waals surface area contributed by atoms with Crippen molar-refractivity contribution < 1.29 is 9.90 Å². The van der Waals surface area contributed by atoms with Crippen molar-refractivity contribution in [3.05, 3.63) is 29.8 Å². The van der Waals surface area contributed by atoms with Crippen molar-refractivity contribution in [2.45, 2.75) is 6.42 Å². The van der Waals surface area contributed by atoms with Gasteiger partial charge in [0.15, 0.2) is 0 Å². The molecule has 3 heteroatoms. The van der Waals surface area contributed by atoms with E-state index >= 15 is 0 Å². The summed E-state index contributed by atoms with van der Waals surface area (Å²) >= 11 is 0. The van der Waals surface area contributed by atoms with Crippen LogP contribution in [0.2, 0.25) is 0 Å². The van der Waals surface area contributed by atoms with Crippen molar-refractivity contribution in [2.24, 2.45) is 0 Å². The highest BCUT2D eigenvalue weighted by atomic mass is 16.3. The summed E-state index contributed by atoms with van der Waals surface area (Å²) in [6.07, 6.45) is 5.52. The van der Waals surface area contributed by atoms with Gasteiger partial charge in [0.2, 0.25) is 0 Å². The molecule has 14 heavy (non-hydrogen) atoms. The topological polar surface area (TPSA) is 49.3 Å². The molecule has 0 aromatic heterocycles. The molecule has 0 radical (unpaired) electrons. The molecule has 0 unspecified atom stereocenters. The monoisotopic (exact) mass is 189 g/mol. The van der Waals surface area contributed by atoms with Gasteiger partial charge in [-0.3, -0.25) is 4.79 Å². The Morgan fingerprint density at radius 1 is 1.50 bits per heavy atom. The number of phenolic OH excluding ortho intramolecular Hbond substituents is 1. The largest absolute Gasteiger partial charge is 0.507 e. The zero-order valence-electron chi connectivity index (χ0n) is 7.66. The van der Waals surface area contributed by atoms with E-state index in [9.17, 15) is 9.90 Å². The number of phenols is 1. The van der Waals surface area contributed by atoms with Crippen LogP contribution in [0.3, 0.4) is 0 Å². The lowest BCUT2D eigenvalue weighted by Gasteiger charge is -2.04. The maximum absolute atomic E-state index is 11.4. The molecule has 72 valence electrons. The highest BCUT2D eigenvalue weighted by molar-refractivity contribution is 5.96. The first-order chi connectivity index (χ1) is 6.75. The molecule has 0 aliphatic carbocycles. The van der Waals surface area contributed by atoms with Crippen molar-refractivity contribution >= 4 is 5.91 Å². The maximum atomic E-state index is 11.4. The predicted octanol–water partition coefficient (Wildman–Crippen LogP) is 1.15. The molecule has 0 spiro atoms.